The van der Waals surface area contributed by atoms with Crippen molar-refractivity contribution in [1.29, 1.82) is 0 Å². The molecule has 0 aliphatic rings. The number of aromatic carboxylic acids is 1. The Morgan fingerprint density at radius 3 is 2.35 bits per heavy atom. The highest BCUT2D eigenvalue weighted by Gasteiger charge is 2.10. The molecule has 1 rings (SSSR count). The van der Waals surface area contributed by atoms with Crippen molar-refractivity contribution < 1.29 is 14.7 Å². The molecule has 0 aliphatic heterocycles. The summed E-state index contributed by atoms with van der Waals surface area (Å²) in [5.74, 6) is -0.983. The number of carboxylic acid groups (broad SMARTS) is 1. The molecule has 0 saturated heterocycles. The number of hydrogen-bond donors (Lipinski definition) is 2. The molecule has 0 aromatic heterocycles. The van der Waals surface area contributed by atoms with Crippen LogP contribution in [0.25, 0.3) is 0 Å². The van der Waals surface area contributed by atoms with Gasteiger partial charge in [-0.3, -0.25) is 4.79 Å². The summed E-state index contributed by atoms with van der Waals surface area (Å²) in [4.78, 5) is 23.9. The zero-order chi connectivity index (χ0) is 12.8. The molecule has 2 N–H and O–H groups in total. The van der Waals surface area contributed by atoms with Gasteiger partial charge in [-0.05, 0) is 31.3 Å². The quantitative estimate of drug-likeness (QED) is 0.798. The molecule has 0 bridgehead atoms. The maximum absolute atomic E-state index is 11.7. The molecule has 0 heterocycles. The molecule has 1 amide bonds. The molecular weight excluding hydrogens is 220 g/mol. The number of rotatable bonds is 5. The average Bonchev–Trinajstić information content (AvgIpc) is 2.35. The maximum atomic E-state index is 11.7. The minimum Gasteiger partial charge on any atom is -0.478 e. The first-order chi connectivity index (χ1) is 8.06. The fourth-order valence-electron chi connectivity index (χ4n) is 1.37. The van der Waals surface area contributed by atoms with Crippen LogP contribution in [0.3, 0.4) is 0 Å². The Bertz CT molecular complexity index is 401. The second-order valence-electron chi connectivity index (χ2n) is 3.66. The van der Waals surface area contributed by atoms with E-state index in [9.17, 15) is 9.59 Å². The van der Waals surface area contributed by atoms with Crippen LogP contribution in [0.4, 0.5) is 5.69 Å². The number of carboxylic acids is 1. The van der Waals surface area contributed by atoms with Crippen molar-refractivity contribution in [2.45, 2.75) is 6.42 Å². The zero-order valence-electron chi connectivity index (χ0n) is 9.93. The Hall–Kier alpha value is -1.88. The SMILES string of the molecule is CNCCC(=O)N(C)c1ccc(C(=O)O)cc1. The number of nitrogens with zero attached hydrogens (tertiary/aromatic N) is 1. The van der Waals surface area contributed by atoms with Crippen LogP contribution < -0.4 is 10.2 Å². The molecule has 0 aliphatic carbocycles. The lowest BCUT2D eigenvalue weighted by molar-refractivity contribution is -0.118. The van der Waals surface area contributed by atoms with Crippen molar-refractivity contribution in [3.63, 3.8) is 0 Å². The molecule has 0 atom stereocenters. The maximum Gasteiger partial charge on any atom is 0.335 e. The molecule has 1 aromatic rings. The normalized spacial score (nSPS) is 10.0. The van der Waals surface area contributed by atoms with Crippen LogP contribution in [0.5, 0.6) is 0 Å². The summed E-state index contributed by atoms with van der Waals surface area (Å²) in [5.41, 5.74) is 0.904. The lowest BCUT2D eigenvalue weighted by Crippen LogP contribution is -2.28. The Labute approximate surface area is 100 Å². The smallest absolute Gasteiger partial charge is 0.335 e. The second kappa shape index (κ2) is 6.00. The highest BCUT2D eigenvalue weighted by Crippen LogP contribution is 2.14. The van der Waals surface area contributed by atoms with Crippen molar-refractivity contribution >= 4 is 17.6 Å². The fraction of sp³-hybridized carbons (Fsp3) is 0.333. The predicted molar refractivity (Wildman–Crippen MR) is 65.4 cm³/mol. The van der Waals surface area contributed by atoms with E-state index in [1.165, 1.54) is 17.0 Å². The molecule has 0 spiro atoms. The second-order valence-corrected chi connectivity index (χ2v) is 3.66. The standard InChI is InChI=1S/C12H16N2O3/c1-13-8-7-11(15)14(2)10-5-3-9(4-6-10)12(16)17/h3-6,13H,7-8H2,1-2H3,(H,16,17). The van der Waals surface area contributed by atoms with Crippen LogP contribution in [0.1, 0.15) is 16.8 Å². The van der Waals surface area contributed by atoms with E-state index in [2.05, 4.69) is 5.32 Å². The Morgan fingerprint density at radius 1 is 1.29 bits per heavy atom. The summed E-state index contributed by atoms with van der Waals surface area (Å²) >= 11 is 0. The predicted octanol–water partition coefficient (Wildman–Crippen LogP) is 0.957. The highest BCUT2D eigenvalue weighted by molar-refractivity contribution is 5.94. The summed E-state index contributed by atoms with van der Waals surface area (Å²) in [5, 5.41) is 11.7. The lowest BCUT2D eigenvalue weighted by Gasteiger charge is -2.17. The van der Waals surface area contributed by atoms with Gasteiger partial charge in [-0.2, -0.15) is 0 Å². The molecule has 0 unspecified atom stereocenters. The van der Waals surface area contributed by atoms with E-state index in [4.69, 9.17) is 5.11 Å². The van der Waals surface area contributed by atoms with Crippen LogP contribution in [-0.4, -0.2) is 37.6 Å². The third-order valence-corrected chi connectivity index (χ3v) is 2.46. The minimum atomic E-state index is -0.972. The summed E-state index contributed by atoms with van der Waals surface area (Å²) in [6.07, 6.45) is 0.410. The molecule has 17 heavy (non-hydrogen) atoms. The number of carbonyl (C=O) groups is 2. The molecule has 5 heteroatoms. The van der Waals surface area contributed by atoms with Gasteiger partial charge in [0.05, 0.1) is 5.56 Å². The van der Waals surface area contributed by atoms with E-state index >= 15 is 0 Å². The first kappa shape index (κ1) is 13.2. The van der Waals surface area contributed by atoms with Gasteiger partial charge in [0.15, 0.2) is 0 Å². The van der Waals surface area contributed by atoms with E-state index in [0.717, 1.165) is 0 Å². The minimum absolute atomic E-state index is 0.0116. The number of carbonyl (C=O) groups excluding carboxylic acids is 1. The van der Waals surface area contributed by atoms with Crippen LogP contribution in [0.15, 0.2) is 24.3 Å². The average molecular weight is 236 g/mol. The topological polar surface area (TPSA) is 69.6 Å². The van der Waals surface area contributed by atoms with Crippen LogP contribution in [0.2, 0.25) is 0 Å². The lowest BCUT2D eigenvalue weighted by atomic mass is 10.2. The van der Waals surface area contributed by atoms with Crippen LogP contribution in [0, 0.1) is 0 Å². The first-order valence-corrected chi connectivity index (χ1v) is 5.30. The molecule has 5 nitrogen and oxygen atoms in total. The van der Waals surface area contributed by atoms with Gasteiger partial charge in [0.2, 0.25) is 5.91 Å². The van der Waals surface area contributed by atoms with Gasteiger partial charge in [0, 0.05) is 25.7 Å². The molecule has 0 saturated carbocycles. The third-order valence-electron chi connectivity index (χ3n) is 2.46. The van der Waals surface area contributed by atoms with Crippen molar-refractivity contribution in [1.82, 2.24) is 5.32 Å². The fourth-order valence-corrected chi connectivity index (χ4v) is 1.37. The van der Waals surface area contributed by atoms with E-state index in [1.807, 2.05) is 0 Å². The summed E-state index contributed by atoms with van der Waals surface area (Å²) in [6.45, 7) is 0.621. The molecule has 92 valence electrons. The Balaban J connectivity index is 2.72. The molecular formula is C12H16N2O3. The monoisotopic (exact) mass is 236 g/mol. The van der Waals surface area contributed by atoms with Crippen molar-refractivity contribution in [3.8, 4) is 0 Å². The Kier molecular flexibility index (Phi) is 4.66. The van der Waals surface area contributed by atoms with E-state index in [-0.39, 0.29) is 11.5 Å². The summed E-state index contributed by atoms with van der Waals surface area (Å²) < 4.78 is 0. The summed E-state index contributed by atoms with van der Waals surface area (Å²) in [7, 11) is 3.46. The van der Waals surface area contributed by atoms with E-state index in [0.29, 0.717) is 18.7 Å². The van der Waals surface area contributed by atoms with Crippen molar-refractivity contribution in [3.05, 3.63) is 29.8 Å². The van der Waals surface area contributed by atoms with Gasteiger partial charge < -0.3 is 15.3 Å². The largest absolute Gasteiger partial charge is 0.478 e. The number of hydrogen-bond acceptors (Lipinski definition) is 3. The van der Waals surface area contributed by atoms with Gasteiger partial charge in [-0.25, -0.2) is 4.79 Å². The van der Waals surface area contributed by atoms with E-state index in [1.54, 1.807) is 26.2 Å². The van der Waals surface area contributed by atoms with Gasteiger partial charge >= 0.3 is 5.97 Å². The van der Waals surface area contributed by atoms with Crippen molar-refractivity contribution in [2.24, 2.45) is 0 Å². The van der Waals surface area contributed by atoms with Crippen LogP contribution >= 0.6 is 0 Å². The first-order valence-electron chi connectivity index (χ1n) is 5.30. The highest BCUT2D eigenvalue weighted by atomic mass is 16.4. The molecule has 0 radical (unpaired) electrons. The molecule has 0 fully saturated rings. The van der Waals surface area contributed by atoms with Crippen molar-refractivity contribution in [2.75, 3.05) is 25.5 Å². The van der Waals surface area contributed by atoms with E-state index < -0.39 is 5.97 Å². The zero-order valence-corrected chi connectivity index (χ0v) is 9.93. The number of benzene rings is 1. The van der Waals surface area contributed by atoms with Gasteiger partial charge in [-0.15, -0.1) is 0 Å². The number of nitrogens with one attached hydrogen (secondary N) is 1. The van der Waals surface area contributed by atoms with Gasteiger partial charge in [-0.1, -0.05) is 0 Å². The summed E-state index contributed by atoms with van der Waals surface area (Å²) in [6, 6.07) is 6.22. The molecule has 1 aromatic carbocycles. The van der Waals surface area contributed by atoms with Crippen LogP contribution in [-0.2, 0) is 4.79 Å². The Morgan fingerprint density at radius 2 is 1.88 bits per heavy atom. The van der Waals surface area contributed by atoms with Gasteiger partial charge in [0.25, 0.3) is 0 Å². The number of amides is 1. The third kappa shape index (κ3) is 3.57. The number of anilines is 1. The van der Waals surface area contributed by atoms with Gasteiger partial charge in [0.1, 0.15) is 0 Å².